The zero-order chi connectivity index (χ0) is 21.0. The third-order valence-electron chi connectivity index (χ3n) is 5.81. The van der Waals surface area contributed by atoms with Gasteiger partial charge < -0.3 is 0 Å². The van der Waals surface area contributed by atoms with Crippen molar-refractivity contribution in [2.24, 2.45) is 0 Å². The molecule has 172 valence electrons. The Labute approximate surface area is 181 Å². The maximum atomic E-state index is 11.4. The summed E-state index contributed by atoms with van der Waals surface area (Å²) in [6, 6.07) is 0. The van der Waals surface area contributed by atoms with E-state index < -0.39 is 6.26 Å². The molecule has 0 fully saturated rings. The van der Waals surface area contributed by atoms with Crippen LogP contribution in [0.3, 0.4) is 0 Å². The zero-order valence-corrected chi connectivity index (χ0v) is 21.3. The molecular weight excluding hydrogens is 383 g/mol. The molecular formula is C24H53O2PS. The first kappa shape index (κ1) is 28.7. The Kier molecular flexibility index (Phi) is 18.9. The maximum absolute atomic E-state index is 11.4. The van der Waals surface area contributed by atoms with Gasteiger partial charge in [0.05, 0.1) is 0 Å². The van der Waals surface area contributed by atoms with Crippen LogP contribution < -0.4 is 0 Å². The Bertz CT molecular complexity index is 317. The van der Waals surface area contributed by atoms with Gasteiger partial charge in [-0.3, -0.25) is 0 Å². The Morgan fingerprint density at radius 2 is 0.786 bits per heavy atom. The normalized spacial score (nSPS) is 13.5. The van der Waals surface area contributed by atoms with Crippen molar-refractivity contribution in [1.82, 2.24) is 0 Å². The van der Waals surface area contributed by atoms with E-state index in [4.69, 9.17) is 0 Å². The second kappa shape index (κ2) is 18.5. The summed E-state index contributed by atoms with van der Waals surface area (Å²) < 4.78 is 0. The summed E-state index contributed by atoms with van der Waals surface area (Å²) in [4.78, 5) is 22.7. The van der Waals surface area contributed by atoms with Crippen LogP contribution in [0.5, 0.6) is 0 Å². The van der Waals surface area contributed by atoms with Crippen molar-refractivity contribution in [3.63, 3.8) is 0 Å². The van der Waals surface area contributed by atoms with Crippen LogP contribution in [0.25, 0.3) is 0 Å². The molecule has 0 spiro atoms. The van der Waals surface area contributed by atoms with Gasteiger partial charge in [-0.1, -0.05) is 0 Å². The second-order valence-corrected chi connectivity index (χ2v) is 16.3. The summed E-state index contributed by atoms with van der Waals surface area (Å²) in [6.07, 6.45) is 20.0. The van der Waals surface area contributed by atoms with Crippen LogP contribution in [0.1, 0.15) is 136 Å². The molecule has 0 unspecified atom stereocenters. The van der Waals surface area contributed by atoms with Gasteiger partial charge >= 0.3 is 182 Å². The van der Waals surface area contributed by atoms with Gasteiger partial charge in [-0.05, 0) is 0 Å². The molecule has 0 amide bonds. The fourth-order valence-electron chi connectivity index (χ4n) is 3.82. The Morgan fingerprint density at radius 3 is 1.18 bits per heavy atom. The molecule has 0 aromatic heterocycles. The van der Waals surface area contributed by atoms with Gasteiger partial charge in [0.15, 0.2) is 0 Å². The molecule has 0 aromatic carbocycles. The first-order valence-electron chi connectivity index (χ1n) is 12.6. The molecule has 0 aliphatic heterocycles. The molecule has 4 heteroatoms. The van der Waals surface area contributed by atoms with Gasteiger partial charge in [0.25, 0.3) is 0 Å². The van der Waals surface area contributed by atoms with Gasteiger partial charge in [-0.2, -0.15) is 0 Å². The van der Waals surface area contributed by atoms with E-state index in [1.54, 1.807) is 11.4 Å². The van der Waals surface area contributed by atoms with Gasteiger partial charge in [0.1, 0.15) is 0 Å². The van der Waals surface area contributed by atoms with E-state index in [0.717, 1.165) is 37.9 Å². The van der Waals surface area contributed by atoms with Crippen LogP contribution in [0.4, 0.5) is 0 Å². The minimum atomic E-state index is -3.53. The molecule has 0 saturated heterocycles. The molecule has 2 N–H and O–H groups in total. The van der Waals surface area contributed by atoms with Gasteiger partial charge in [0.2, 0.25) is 0 Å². The first-order valence-corrected chi connectivity index (χ1v) is 16.7. The van der Waals surface area contributed by atoms with Crippen molar-refractivity contribution in [1.29, 1.82) is 0 Å². The predicted octanol–water partition coefficient (Wildman–Crippen LogP) is 9.08. The average Bonchev–Trinajstić information content (AvgIpc) is 2.67. The summed E-state index contributed by atoms with van der Waals surface area (Å²) in [5.74, 6) is 0.933. The number of rotatable bonds is 22. The van der Waals surface area contributed by atoms with Gasteiger partial charge in [-0.15, -0.1) is 0 Å². The third kappa shape index (κ3) is 17.5. The van der Waals surface area contributed by atoms with Crippen LogP contribution in [-0.2, 0) is 0 Å². The van der Waals surface area contributed by atoms with Crippen molar-refractivity contribution >= 4 is 17.6 Å². The standard InChI is InChI=1S/C24H53O2PS/c1-4-7-10-13-16-19-22-27(25,26,23-20-17-14-11-8-5-2)28-24-21-18-15-12-9-6-3/h25-26H,4-24H2,1-3H3. The van der Waals surface area contributed by atoms with Crippen LogP contribution in [0.15, 0.2) is 0 Å². The van der Waals surface area contributed by atoms with E-state index in [0.29, 0.717) is 12.3 Å². The predicted molar refractivity (Wildman–Crippen MR) is 134 cm³/mol. The van der Waals surface area contributed by atoms with E-state index in [2.05, 4.69) is 20.8 Å². The molecule has 0 atom stereocenters. The summed E-state index contributed by atoms with van der Waals surface area (Å²) >= 11 is 1.57. The number of hydrogen-bond acceptors (Lipinski definition) is 3. The summed E-state index contributed by atoms with van der Waals surface area (Å²) in [6.45, 7) is 6.74. The molecule has 2 nitrogen and oxygen atoms in total. The van der Waals surface area contributed by atoms with E-state index >= 15 is 0 Å². The molecule has 0 heterocycles. The second-order valence-electron chi connectivity index (χ2n) is 8.88. The molecule has 0 radical (unpaired) electrons. The van der Waals surface area contributed by atoms with Gasteiger partial charge in [-0.25, -0.2) is 0 Å². The van der Waals surface area contributed by atoms with Crippen molar-refractivity contribution in [3.8, 4) is 0 Å². The molecule has 0 aromatic rings. The minimum absolute atomic E-state index is 0.660. The van der Waals surface area contributed by atoms with E-state index in [1.807, 2.05) is 0 Å². The van der Waals surface area contributed by atoms with Crippen molar-refractivity contribution < 1.29 is 9.79 Å². The molecule has 0 saturated carbocycles. The van der Waals surface area contributed by atoms with E-state index in [-0.39, 0.29) is 0 Å². The fourth-order valence-corrected chi connectivity index (χ4v) is 9.97. The van der Waals surface area contributed by atoms with E-state index in [9.17, 15) is 9.79 Å². The molecule has 0 aliphatic carbocycles. The number of unbranched alkanes of at least 4 members (excludes halogenated alkanes) is 15. The van der Waals surface area contributed by atoms with Crippen molar-refractivity contribution in [2.45, 2.75) is 136 Å². The fraction of sp³-hybridized carbons (Fsp3) is 1.00. The SMILES string of the molecule is CCCCCCCCSP(O)(O)(CCCCCCCC)CCCCCCCC. The monoisotopic (exact) mass is 436 g/mol. The molecule has 0 rings (SSSR count). The average molecular weight is 437 g/mol. The summed E-state index contributed by atoms with van der Waals surface area (Å²) in [5, 5.41) is 0. The quantitative estimate of drug-likeness (QED) is 0.131. The van der Waals surface area contributed by atoms with Crippen LogP contribution in [-0.4, -0.2) is 27.9 Å². The Hall–Kier alpha value is 0.700. The third-order valence-corrected chi connectivity index (χ3v) is 12.7. The molecule has 0 bridgehead atoms. The molecule has 0 aliphatic rings. The van der Waals surface area contributed by atoms with Crippen LogP contribution in [0.2, 0.25) is 0 Å². The topological polar surface area (TPSA) is 40.5 Å². The first-order chi connectivity index (χ1) is 13.5. The van der Waals surface area contributed by atoms with Crippen LogP contribution >= 0.6 is 17.6 Å². The van der Waals surface area contributed by atoms with Crippen LogP contribution in [0, 0.1) is 0 Å². The summed E-state index contributed by atoms with van der Waals surface area (Å²) in [5.41, 5.74) is 0. The van der Waals surface area contributed by atoms with Crippen molar-refractivity contribution in [2.75, 3.05) is 18.1 Å². The van der Waals surface area contributed by atoms with Gasteiger partial charge in [0, 0.05) is 0 Å². The van der Waals surface area contributed by atoms with E-state index in [1.165, 1.54) is 83.5 Å². The number of hydrogen-bond donors (Lipinski definition) is 2. The van der Waals surface area contributed by atoms with Crippen molar-refractivity contribution in [3.05, 3.63) is 0 Å². The Morgan fingerprint density at radius 1 is 0.464 bits per heavy atom. The Balaban J connectivity index is 4.28. The summed E-state index contributed by atoms with van der Waals surface area (Å²) in [7, 11) is 0. The molecule has 28 heavy (non-hydrogen) atoms. The zero-order valence-electron chi connectivity index (χ0n) is 19.6.